The summed E-state index contributed by atoms with van der Waals surface area (Å²) < 4.78 is 29.5. The molecule has 25 heavy (non-hydrogen) atoms. The maximum Gasteiger partial charge on any atom is 0.240 e. The van der Waals surface area contributed by atoms with Gasteiger partial charge in [0.05, 0.1) is 17.1 Å². The first kappa shape index (κ1) is 17.1. The highest BCUT2D eigenvalue weighted by Crippen LogP contribution is 2.44. The van der Waals surface area contributed by atoms with Crippen molar-refractivity contribution in [3.8, 4) is 0 Å². The Labute approximate surface area is 153 Å². The molecule has 0 amide bonds. The zero-order valence-corrected chi connectivity index (χ0v) is 15.8. The Bertz CT molecular complexity index is 899. The number of hydrogen-bond donors (Lipinski definition) is 1. The number of benzene rings is 1. The van der Waals surface area contributed by atoms with Gasteiger partial charge in [-0.1, -0.05) is 17.7 Å². The fraction of sp³-hybridized carbons (Fsp3) is 0.500. The van der Waals surface area contributed by atoms with E-state index in [-0.39, 0.29) is 4.90 Å². The van der Waals surface area contributed by atoms with Crippen molar-refractivity contribution in [1.82, 2.24) is 14.5 Å². The molecule has 0 spiro atoms. The van der Waals surface area contributed by atoms with Crippen molar-refractivity contribution in [2.24, 2.45) is 0 Å². The second-order valence-electron chi connectivity index (χ2n) is 7.07. The minimum Gasteiger partial charge on any atom is -0.268 e. The van der Waals surface area contributed by atoms with Crippen LogP contribution in [0.2, 0.25) is 5.02 Å². The number of nitrogens with one attached hydrogen (secondary N) is 1. The van der Waals surface area contributed by atoms with Crippen molar-refractivity contribution in [2.75, 3.05) is 6.54 Å². The van der Waals surface area contributed by atoms with E-state index >= 15 is 0 Å². The molecule has 0 atom stereocenters. The molecule has 2 aliphatic rings. The molecular weight excluding hydrogens is 358 g/mol. The molecule has 2 aliphatic carbocycles. The van der Waals surface area contributed by atoms with Gasteiger partial charge in [-0.25, -0.2) is 13.1 Å². The second kappa shape index (κ2) is 6.41. The van der Waals surface area contributed by atoms with Crippen LogP contribution >= 0.6 is 11.6 Å². The third-order valence-electron chi connectivity index (χ3n) is 4.89. The van der Waals surface area contributed by atoms with E-state index in [1.165, 1.54) is 43.1 Å². The minimum absolute atomic E-state index is 0.199. The van der Waals surface area contributed by atoms with E-state index in [0.29, 0.717) is 29.9 Å². The Morgan fingerprint density at radius 2 is 1.92 bits per heavy atom. The molecule has 5 nitrogen and oxygen atoms in total. The minimum atomic E-state index is -3.56. The average molecular weight is 380 g/mol. The second-order valence-corrected chi connectivity index (χ2v) is 9.25. The lowest BCUT2D eigenvalue weighted by Crippen LogP contribution is -2.28. The molecule has 134 valence electrons. The zero-order chi connectivity index (χ0) is 17.6. The number of aryl methyl sites for hydroxylation is 1. The van der Waals surface area contributed by atoms with Gasteiger partial charge in [0.15, 0.2) is 0 Å². The van der Waals surface area contributed by atoms with Crippen molar-refractivity contribution in [3.05, 3.63) is 46.2 Å². The molecule has 1 aromatic carbocycles. The Hall–Kier alpha value is -1.37. The van der Waals surface area contributed by atoms with Gasteiger partial charge in [0.2, 0.25) is 10.0 Å². The first-order valence-electron chi connectivity index (χ1n) is 8.77. The molecule has 0 radical (unpaired) electrons. The van der Waals surface area contributed by atoms with Crippen molar-refractivity contribution >= 4 is 21.6 Å². The Morgan fingerprint density at radius 3 is 2.56 bits per heavy atom. The van der Waals surface area contributed by atoms with E-state index in [2.05, 4.69) is 10.8 Å². The summed E-state index contributed by atoms with van der Waals surface area (Å²) in [6.07, 6.45) is 4.87. The number of aromatic nitrogens is 2. The van der Waals surface area contributed by atoms with Gasteiger partial charge in [-0.05, 0) is 56.4 Å². The van der Waals surface area contributed by atoms with Gasteiger partial charge in [0, 0.05) is 29.1 Å². The van der Waals surface area contributed by atoms with Crippen molar-refractivity contribution in [3.63, 3.8) is 0 Å². The highest BCUT2D eigenvalue weighted by atomic mass is 35.5. The maximum atomic E-state index is 12.4. The van der Waals surface area contributed by atoms with E-state index < -0.39 is 10.0 Å². The lowest BCUT2D eigenvalue weighted by Gasteiger charge is -2.10. The van der Waals surface area contributed by atoms with Crippen LogP contribution in [0.4, 0.5) is 0 Å². The van der Waals surface area contributed by atoms with E-state index in [1.807, 2.05) is 11.6 Å². The first-order valence-corrected chi connectivity index (χ1v) is 10.6. The molecule has 2 aromatic rings. The Kier molecular flexibility index (Phi) is 4.38. The lowest BCUT2D eigenvalue weighted by atomic mass is 10.2. The summed E-state index contributed by atoms with van der Waals surface area (Å²) in [4.78, 5) is 0.199. The third kappa shape index (κ3) is 3.76. The van der Waals surface area contributed by atoms with Crippen LogP contribution in [-0.4, -0.2) is 24.7 Å². The molecule has 0 saturated heterocycles. The van der Waals surface area contributed by atoms with Crippen LogP contribution in [0.25, 0.3) is 0 Å². The summed E-state index contributed by atoms with van der Waals surface area (Å²) in [7, 11) is -3.56. The monoisotopic (exact) mass is 379 g/mol. The van der Waals surface area contributed by atoms with Crippen LogP contribution in [0.15, 0.2) is 29.2 Å². The normalized spacial score (nSPS) is 17.8. The fourth-order valence-electron chi connectivity index (χ4n) is 3.03. The molecule has 1 aromatic heterocycles. The highest BCUT2D eigenvalue weighted by molar-refractivity contribution is 7.89. The van der Waals surface area contributed by atoms with Crippen LogP contribution in [0.3, 0.4) is 0 Å². The Balaban J connectivity index is 1.44. The predicted octanol–water partition coefficient (Wildman–Crippen LogP) is 3.58. The van der Waals surface area contributed by atoms with Gasteiger partial charge in [-0.15, -0.1) is 0 Å². The van der Waals surface area contributed by atoms with Gasteiger partial charge in [0.25, 0.3) is 0 Å². The fourth-order valence-corrected chi connectivity index (χ4v) is 4.32. The van der Waals surface area contributed by atoms with Gasteiger partial charge in [0.1, 0.15) is 0 Å². The van der Waals surface area contributed by atoms with Crippen molar-refractivity contribution in [2.45, 2.75) is 55.9 Å². The van der Waals surface area contributed by atoms with Gasteiger partial charge < -0.3 is 0 Å². The van der Waals surface area contributed by atoms with E-state index in [1.54, 1.807) is 12.1 Å². The lowest BCUT2D eigenvalue weighted by molar-refractivity contribution is 0.548. The van der Waals surface area contributed by atoms with Crippen LogP contribution < -0.4 is 4.72 Å². The summed E-state index contributed by atoms with van der Waals surface area (Å²) in [6, 6.07) is 7.02. The van der Waals surface area contributed by atoms with Crippen molar-refractivity contribution in [1.29, 1.82) is 0 Å². The molecule has 2 fully saturated rings. The molecular formula is C18H22ClN3O2S. The van der Waals surface area contributed by atoms with Gasteiger partial charge in [-0.3, -0.25) is 4.68 Å². The van der Waals surface area contributed by atoms with E-state index in [9.17, 15) is 8.42 Å². The van der Waals surface area contributed by atoms with Crippen LogP contribution in [0.1, 0.15) is 54.5 Å². The number of hydrogen-bond acceptors (Lipinski definition) is 3. The summed E-state index contributed by atoms with van der Waals surface area (Å²) in [5, 5.41) is 5.17. The standard InChI is InChI=1S/C18H22ClN3O2S/c1-12-2-7-15(10-16(12)19)25(23,24)20-8-9-22-18(14-5-6-14)11-17(21-22)13-3-4-13/h2,7,10-11,13-14,20H,3-6,8-9H2,1H3. The highest BCUT2D eigenvalue weighted by Gasteiger charge is 2.32. The molecule has 0 aliphatic heterocycles. The number of rotatable bonds is 7. The molecule has 0 bridgehead atoms. The van der Waals surface area contributed by atoms with E-state index in [0.717, 1.165) is 5.56 Å². The average Bonchev–Trinajstić information content (AvgIpc) is 3.48. The van der Waals surface area contributed by atoms with Gasteiger partial charge in [-0.2, -0.15) is 5.10 Å². The Morgan fingerprint density at radius 1 is 1.20 bits per heavy atom. The number of nitrogens with zero attached hydrogens (tertiary/aromatic N) is 2. The maximum absolute atomic E-state index is 12.4. The smallest absolute Gasteiger partial charge is 0.240 e. The first-order chi connectivity index (χ1) is 11.9. The quantitative estimate of drug-likeness (QED) is 0.799. The summed E-state index contributed by atoms with van der Waals surface area (Å²) in [6.45, 7) is 2.72. The summed E-state index contributed by atoms with van der Waals surface area (Å²) in [5.41, 5.74) is 3.30. The number of sulfonamides is 1. The largest absolute Gasteiger partial charge is 0.268 e. The van der Waals surface area contributed by atoms with Crippen LogP contribution in [0.5, 0.6) is 0 Å². The summed E-state index contributed by atoms with van der Waals surface area (Å²) >= 11 is 6.04. The molecule has 1 N–H and O–H groups in total. The molecule has 0 unspecified atom stereocenters. The molecule has 7 heteroatoms. The molecule has 1 heterocycles. The van der Waals surface area contributed by atoms with Crippen molar-refractivity contribution < 1.29 is 8.42 Å². The summed E-state index contributed by atoms with van der Waals surface area (Å²) in [5.74, 6) is 1.22. The topological polar surface area (TPSA) is 64.0 Å². The zero-order valence-electron chi connectivity index (χ0n) is 14.2. The van der Waals surface area contributed by atoms with Gasteiger partial charge >= 0.3 is 0 Å². The van der Waals surface area contributed by atoms with Crippen LogP contribution in [-0.2, 0) is 16.6 Å². The third-order valence-corrected chi connectivity index (χ3v) is 6.76. The molecule has 2 saturated carbocycles. The number of halogens is 1. The SMILES string of the molecule is Cc1ccc(S(=O)(=O)NCCn2nc(C3CC3)cc2C2CC2)cc1Cl. The van der Waals surface area contributed by atoms with E-state index in [4.69, 9.17) is 16.7 Å². The molecule has 4 rings (SSSR count). The predicted molar refractivity (Wildman–Crippen MR) is 97.6 cm³/mol. The van der Waals surface area contributed by atoms with Crippen LogP contribution in [0, 0.1) is 6.92 Å².